The third-order valence-electron chi connectivity index (χ3n) is 6.19. The minimum absolute atomic E-state index is 0.0465. The summed E-state index contributed by atoms with van der Waals surface area (Å²) < 4.78 is 21.5. The summed E-state index contributed by atoms with van der Waals surface area (Å²) in [6, 6.07) is 11.7. The van der Waals surface area contributed by atoms with E-state index in [1.807, 2.05) is 32.0 Å². The van der Waals surface area contributed by atoms with E-state index in [1.54, 1.807) is 29.4 Å². The van der Waals surface area contributed by atoms with E-state index in [2.05, 4.69) is 20.6 Å². The van der Waals surface area contributed by atoms with Crippen molar-refractivity contribution in [2.75, 3.05) is 11.9 Å². The molecular formula is C28H28FN5O3S. The number of carbonyl (C=O) groups is 2. The number of carbonyl (C=O) groups excluding carboxylic acids is 2. The molecule has 8 nitrogen and oxygen atoms in total. The Labute approximate surface area is 223 Å². The molecule has 38 heavy (non-hydrogen) atoms. The number of benzene rings is 1. The molecule has 5 rings (SSSR count). The van der Waals surface area contributed by atoms with Crippen molar-refractivity contribution in [2.45, 2.75) is 45.7 Å². The Hall–Kier alpha value is -4.05. The Morgan fingerprint density at radius 1 is 1.11 bits per heavy atom. The number of nitrogens with one attached hydrogen (secondary N) is 2. The van der Waals surface area contributed by atoms with Crippen LogP contribution in [0.1, 0.15) is 38.7 Å². The van der Waals surface area contributed by atoms with Crippen LogP contribution < -0.4 is 15.4 Å². The van der Waals surface area contributed by atoms with Crippen molar-refractivity contribution in [2.24, 2.45) is 0 Å². The summed E-state index contributed by atoms with van der Waals surface area (Å²) >= 11 is 1.46. The van der Waals surface area contributed by atoms with E-state index in [1.165, 1.54) is 23.5 Å². The predicted molar refractivity (Wildman–Crippen MR) is 146 cm³/mol. The van der Waals surface area contributed by atoms with Crippen molar-refractivity contribution in [3.05, 3.63) is 66.2 Å². The number of anilines is 1. The summed E-state index contributed by atoms with van der Waals surface area (Å²) in [5.74, 6) is 0.0489. The van der Waals surface area contributed by atoms with Gasteiger partial charge in [0.15, 0.2) is 11.6 Å². The number of thiophene rings is 1. The molecule has 4 aromatic rings. The van der Waals surface area contributed by atoms with Gasteiger partial charge in [-0.25, -0.2) is 9.18 Å². The van der Waals surface area contributed by atoms with Crippen LogP contribution in [0, 0.1) is 5.82 Å². The smallest absolute Gasteiger partial charge is 0.319 e. The molecule has 0 unspecified atom stereocenters. The zero-order chi connectivity index (χ0) is 26.6. The second-order valence-corrected chi connectivity index (χ2v) is 10.1. The zero-order valence-electron chi connectivity index (χ0n) is 21.2. The van der Waals surface area contributed by atoms with Crippen LogP contribution in [0.4, 0.5) is 14.9 Å². The number of hydrogen-bond acceptors (Lipinski definition) is 6. The van der Waals surface area contributed by atoms with Gasteiger partial charge in [0.2, 0.25) is 5.91 Å². The summed E-state index contributed by atoms with van der Waals surface area (Å²) in [6.45, 7) is 4.99. The van der Waals surface area contributed by atoms with E-state index in [4.69, 9.17) is 4.74 Å². The second-order valence-electron chi connectivity index (χ2n) is 9.07. The first-order valence-electron chi connectivity index (χ1n) is 12.6. The molecule has 0 radical (unpaired) electrons. The fraction of sp³-hybridized carbons (Fsp3) is 0.286. The van der Waals surface area contributed by atoms with Gasteiger partial charge in [0.05, 0.1) is 20.8 Å². The van der Waals surface area contributed by atoms with Gasteiger partial charge >= 0.3 is 6.03 Å². The monoisotopic (exact) mass is 533 g/mol. The van der Waals surface area contributed by atoms with Crippen molar-refractivity contribution in [1.82, 2.24) is 20.2 Å². The lowest BCUT2D eigenvalue weighted by atomic mass is 10.2. The van der Waals surface area contributed by atoms with E-state index in [0.29, 0.717) is 30.9 Å². The number of pyridine rings is 2. The van der Waals surface area contributed by atoms with Gasteiger partial charge in [-0.3, -0.25) is 14.8 Å². The number of ether oxygens (including phenoxy) is 1. The van der Waals surface area contributed by atoms with Crippen LogP contribution in [0.25, 0.3) is 20.8 Å². The van der Waals surface area contributed by atoms with Crippen LogP contribution in [0.5, 0.6) is 11.5 Å². The highest BCUT2D eigenvalue weighted by Crippen LogP contribution is 2.39. The zero-order valence-corrected chi connectivity index (χ0v) is 22.0. The molecule has 1 aromatic carbocycles. The number of urea groups is 1. The van der Waals surface area contributed by atoms with Gasteiger partial charge in [0, 0.05) is 55.8 Å². The number of rotatable bonds is 9. The number of amides is 3. The minimum Gasteiger partial charge on any atom is -0.453 e. The third kappa shape index (κ3) is 5.91. The standard InChI is InChI=1S/C28H28FN5O3S/c1-3-26(35)34(4-2)16-17-5-9-21(31-15-17)25-14-22-27(38-25)24(11-12-30-22)37-23-10-8-19(13-20(23)29)33-28(36)32-18-6-7-18/h5,8-15,18H,3-4,6-7,16H2,1-2H3,(H2,32,33,36). The number of fused-ring (bicyclic) bond motifs is 1. The van der Waals surface area contributed by atoms with Gasteiger partial charge in [-0.05, 0) is 49.6 Å². The number of nitrogens with zero attached hydrogens (tertiary/aromatic N) is 3. The van der Waals surface area contributed by atoms with E-state index >= 15 is 0 Å². The van der Waals surface area contributed by atoms with Gasteiger partial charge in [-0.2, -0.15) is 0 Å². The van der Waals surface area contributed by atoms with Crippen LogP contribution in [-0.2, 0) is 11.3 Å². The summed E-state index contributed by atoms with van der Waals surface area (Å²) in [7, 11) is 0. The van der Waals surface area contributed by atoms with Crippen molar-refractivity contribution in [1.29, 1.82) is 0 Å². The van der Waals surface area contributed by atoms with E-state index < -0.39 is 5.82 Å². The highest BCUT2D eigenvalue weighted by Gasteiger charge is 2.23. The van der Waals surface area contributed by atoms with Crippen LogP contribution in [0.15, 0.2) is 54.9 Å². The highest BCUT2D eigenvalue weighted by atomic mass is 32.1. The fourth-order valence-corrected chi connectivity index (χ4v) is 5.01. The Balaban J connectivity index is 1.31. The summed E-state index contributed by atoms with van der Waals surface area (Å²) in [6.07, 6.45) is 5.82. The molecule has 3 aromatic heterocycles. The van der Waals surface area contributed by atoms with E-state index in [0.717, 1.165) is 39.2 Å². The van der Waals surface area contributed by atoms with Gasteiger partial charge in [-0.15, -0.1) is 11.3 Å². The molecule has 196 valence electrons. The third-order valence-corrected chi connectivity index (χ3v) is 7.35. The Kier molecular flexibility index (Phi) is 7.50. The van der Waals surface area contributed by atoms with Crippen molar-refractivity contribution in [3.8, 4) is 22.1 Å². The largest absolute Gasteiger partial charge is 0.453 e. The minimum atomic E-state index is -0.587. The maximum absolute atomic E-state index is 14.8. The first-order valence-corrected chi connectivity index (χ1v) is 13.4. The molecule has 1 aliphatic carbocycles. The molecule has 0 saturated heterocycles. The van der Waals surface area contributed by atoms with Gasteiger partial charge in [-0.1, -0.05) is 13.0 Å². The Morgan fingerprint density at radius 3 is 2.63 bits per heavy atom. The van der Waals surface area contributed by atoms with Crippen LogP contribution in [0.2, 0.25) is 0 Å². The second kappa shape index (κ2) is 11.1. The molecular weight excluding hydrogens is 505 g/mol. The first-order chi connectivity index (χ1) is 18.4. The number of halogens is 1. The van der Waals surface area contributed by atoms with Crippen molar-refractivity contribution >= 4 is 39.2 Å². The molecule has 1 saturated carbocycles. The van der Waals surface area contributed by atoms with E-state index in [9.17, 15) is 14.0 Å². The quantitative estimate of drug-likeness (QED) is 0.262. The first kappa shape index (κ1) is 25.6. The Bertz CT molecular complexity index is 1470. The van der Waals surface area contributed by atoms with Crippen molar-refractivity contribution in [3.63, 3.8) is 0 Å². The lowest BCUT2D eigenvalue weighted by Gasteiger charge is -2.20. The molecule has 2 N–H and O–H groups in total. The van der Waals surface area contributed by atoms with Gasteiger partial charge in [0.1, 0.15) is 5.75 Å². The maximum Gasteiger partial charge on any atom is 0.319 e. The molecule has 3 heterocycles. The molecule has 10 heteroatoms. The SMILES string of the molecule is CCC(=O)N(CC)Cc1ccc(-c2cc3nccc(Oc4ccc(NC(=O)NC5CC5)cc4F)c3s2)nc1. The highest BCUT2D eigenvalue weighted by molar-refractivity contribution is 7.22. The van der Waals surface area contributed by atoms with Crippen LogP contribution in [0.3, 0.4) is 0 Å². The number of aromatic nitrogens is 2. The summed E-state index contributed by atoms with van der Waals surface area (Å²) in [4.78, 5) is 35.7. The average molecular weight is 534 g/mol. The lowest BCUT2D eigenvalue weighted by Crippen LogP contribution is -2.30. The maximum atomic E-state index is 14.8. The fourth-order valence-electron chi connectivity index (χ4n) is 3.97. The predicted octanol–water partition coefficient (Wildman–Crippen LogP) is 6.33. The summed E-state index contributed by atoms with van der Waals surface area (Å²) in [5.41, 5.74) is 2.80. The molecule has 3 amide bonds. The molecule has 1 fully saturated rings. The molecule has 0 atom stereocenters. The average Bonchev–Trinajstić information content (AvgIpc) is 3.62. The van der Waals surface area contributed by atoms with Crippen LogP contribution >= 0.6 is 11.3 Å². The van der Waals surface area contributed by atoms with Crippen molar-refractivity contribution < 1.29 is 18.7 Å². The normalized spacial score (nSPS) is 12.8. The van der Waals surface area contributed by atoms with Gasteiger partial charge < -0.3 is 20.3 Å². The molecule has 0 spiro atoms. The van der Waals surface area contributed by atoms with E-state index in [-0.39, 0.29) is 23.7 Å². The molecule has 0 aliphatic heterocycles. The summed E-state index contributed by atoms with van der Waals surface area (Å²) in [5, 5.41) is 5.45. The van der Waals surface area contributed by atoms with Gasteiger partial charge in [0.25, 0.3) is 0 Å². The molecule has 1 aliphatic rings. The number of hydrogen-bond donors (Lipinski definition) is 2. The molecule has 0 bridgehead atoms. The van der Waals surface area contributed by atoms with Crippen LogP contribution in [-0.4, -0.2) is 39.4 Å². The topological polar surface area (TPSA) is 96.5 Å². The Morgan fingerprint density at radius 2 is 1.95 bits per heavy atom. The lowest BCUT2D eigenvalue weighted by molar-refractivity contribution is -0.131.